The summed E-state index contributed by atoms with van der Waals surface area (Å²) in [6.45, 7) is -16.9. The predicted molar refractivity (Wildman–Crippen MR) is 198 cm³/mol. The number of rotatable bonds is 12. The first-order valence-electron chi connectivity index (χ1n) is 25.1. The lowest BCUT2D eigenvalue weighted by molar-refractivity contribution is -0.137. The molecule has 0 aromatic heterocycles. The summed E-state index contributed by atoms with van der Waals surface area (Å²) in [5.74, 6) is -6.08. The summed E-state index contributed by atoms with van der Waals surface area (Å²) >= 11 is -0.411. The van der Waals surface area contributed by atoms with Crippen LogP contribution in [0.1, 0.15) is 72.7 Å². The molecule has 1 amide bonds. The third kappa shape index (κ3) is 9.29. The van der Waals surface area contributed by atoms with Crippen molar-refractivity contribution in [1.82, 2.24) is 9.80 Å². The Morgan fingerprint density at radius 3 is 2.42 bits per heavy atom. The van der Waals surface area contributed by atoms with Crippen molar-refractivity contribution in [2.45, 2.75) is 50.2 Å². The number of anilines is 1. The highest BCUT2D eigenvalue weighted by Gasteiger charge is 2.33. The molecule has 1 N–H and O–H groups in total. The van der Waals surface area contributed by atoms with E-state index in [1.54, 1.807) is 0 Å². The summed E-state index contributed by atoms with van der Waals surface area (Å²) in [5, 5.41) is 10.2. The van der Waals surface area contributed by atoms with Crippen molar-refractivity contribution < 1.29 is 62.6 Å². The van der Waals surface area contributed by atoms with E-state index < -0.39 is 167 Å². The van der Waals surface area contributed by atoms with Gasteiger partial charge in [0.05, 0.1) is 29.5 Å². The molecule has 1 unspecified atom stereocenters. The maximum atomic E-state index is 15.8. The van der Waals surface area contributed by atoms with Crippen LogP contribution in [0.5, 0.6) is 0 Å². The van der Waals surface area contributed by atoms with E-state index in [9.17, 15) is 35.0 Å². The second-order valence-electron chi connectivity index (χ2n) is 11.2. The highest BCUT2D eigenvalue weighted by molar-refractivity contribution is 8.02. The SMILES string of the molecule is [2H]C1=C(SC([2H])([2H])c2cccc(F)c2F)N(C([2H])([2H])C(=O)N(C([2H])([2H])c2ccc(-c3ccc(C(F)(F)F)cc3)cc2)C2([2H])C([2H])([2H])C([2H])([2H])N(CCOC)C([2H])([2H])C2([2H])[2H])c2c([2H])c([2H])c(C)c([2H])c2C1O. The Hall–Kier alpha value is -4.23. The molecule has 280 valence electrons. The normalized spacial score (nSPS) is 27.4. The van der Waals surface area contributed by atoms with Crippen molar-refractivity contribution in [3.8, 4) is 11.1 Å². The standard InChI is InChI=1S/C41H42F5N3O3S/c1-27-6-15-36-34(22-27)37(50)23-39(53-26-31-4-3-5-35(42)40(31)43)49(36)25-38(51)48(33-16-18-47(19-17-33)20-21-52-2)24-28-7-9-29(10-8-28)30-11-13-32(14-12-30)41(44,45)46/h3-15,22-23,33,37,50H,16-21,24-26H2,1-2H3/i6D,15D,16D2,17D2,18D2,19D2,22D,23D,24D2,25D2,26D2,33D. The van der Waals surface area contributed by atoms with E-state index in [1.165, 1.54) is 0 Å². The van der Waals surface area contributed by atoms with Gasteiger partial charge < -0.3 is 24.5 Å². The fourth-order valence-electron chi connectivity index (χ4n) is 4.89. The van der Waals surface area contributed by atoms with Gasteiger partial charge in [0, 0.05) is 75.4 Å². The lowest BCUT2D eigenvalue weighted by atomic mass is 9.99. The third-order valence-electron chi connectivity index (χ3n) is 7.56. The molecule has 53 heavy (non-hydrogen) atoms. The molecule has 2 aliphatic heterocycles. The van der Waals surface area contributed by atoms with Gasteiger partial charge in [-0.05, 0) is 66.7 Å². The van der Waals surface area contributed by atoms with Gasteiger partial charge in [-0.3, -0.25) is 4.79 Å². The van der Waals surface area contributed by atoms with E-state index >= 15 is 9.18 Å². The molecule has 0 saturated carbocycles. The molecule has 6 rings (SSSR count). The number of amides is 1. The first-order chi connectivity index (χ1) is 32.8. The Morgan fingerprint density at radius 2 is 1.75 bits per heavy atom. The summed E-state index contributed by atoms with van der Waals surface area (Å²) in [6, 6.07) is 0.427. The van der Waals surface area contributed by atoms with E-state index in [0.717, 1.165) is 74.7 Å². The summed E-state index contributed by atoms with van der Waals surface area (Å²) in [5.41, 5.74) is -8.78. The minimum Gasteiger partial charge on any atom is -0.384 e. The van der Waals surface area contributed by atoms with Crippen LogP contribution in [0.2, 0.25) is 0 Å². The van der Waals surface area contributed by atoms with Gasteiger partial charge in [-0.25, -0.2) is 8.78 Å². The van der Waals surface area contributed by atoms with E-state index in [1.807, 2.05) is 0 Å². The number of methoxy groups -OCH3 is 1. The van der Waals surface area contributed by atoms with Crippen molar-refractivity contribution in [2.75, 3.05) is 44.7 Å². The number of piperidine rings is 1. The number of fused-ring (bicyclic) bond motifs is 1. The van der Waals surface area contributed by atoms with Crippen molar-refractivity contribution >= 4 is 23.4 Å². The number of halogens is 5. The van der Waals surface area contributed by atoms with Crippen LogP contribution in [0.3, 0.4) is 0 Å². The van der Waals surface area contributed by atoms with Crippen LogP contribution in [-0.4, -0.2) is 66.6 Å². The van der Waals surface area contributed by atoms with Gasteiger partial charge >= 0.3 is 6.18 Å². The van der Waals surface area contributed by atoms with Crippen LogP contribution in [0, 0.1) is 18.6 Å². The number of aliphatic hydroxyl groups is 1. The molecular formula is C41H42F5N3O3S. The Bertz CT molecular complexity index is 2790. The van der Waals surface area contributed by atoms with Crippen LogP contribution >= 0.6 is 11.8 Å². The van der Waals surface area contributed by atoms with Crippen LogP contribution in [-0.2, 0) is 27.9 Å². The zero-order valence-corrected chi connectivity index (χ0v) is 28.6. The molecule has 12 heteroatoms. The van der Waals surface area contributed by atoms with Crippen LogP contribution in [0.25, 0.3) is 11.1 Å². The maximum absolute atomic E-state index is 15.8. The van der Waals surface area contributed by atoms with Gasteiger partial charge in [-0.15, -0.1) is 11.8 Å². The molecule has 0 bridgehead atoms. The first kappa shape index (κ1) is 21.0. The number of hydrogen-bond donors (Lipinski definition) is 1. The van der Waals surface area contributed by atoms with Crippen molar-refractivity contribution in [1.29, 1.82) is 0 Å². The topological polar surface area (TPSA) is 56.3 Å². The highest BCUT2D eigenvalue weighted by atomic mass is 32.2. The summed E-state index contributed by atoms with van der Waals surface area (Å²) in [7, 11) is 1.07. The van der Waals surface area contributed by atoms with Crippen molar-refractivity contribution in [3.05, 3.63) is 135 Å². The van der Waals surface area contributed by atoms with Gasteiger partial charge in [0.25, 0.3) is 0 Å². The molecule has 2 heterocycles. The molecule has 0 spiro atoms. The van der Waals surface area contributed by atoms with Gasteiger partial charge in [0.1, 0.15) is 12.6 Å². The highest BCUT2D eigenvalue weighted by Crippen LogP contribution is 2.41. The molecule has 0 radical (unpaired) electrons. The summed E-state index contributed by atoms with van der Waals surface area (Å²) in [4.78, 5) is 14.9. The van der Waals surface area contributed by atoms with Crippen LogP contribution in [0.15, 0.2) is 95.9 Å². The van der Waals surface area contributed by atoms with E-state index in [2.05, 4.69) is 0 Å². The minimum absolute atomic E-state index is 0.0258. The molecule has 1 atom stereocenters. The Balaban J connectivity index is 1.69. The number of ether oxygens (including phenoxy) is 1. The number of aliphatic hydroxyl groups excluding tert-OH is 1. The molecule has 4 aromatic rings. The lowest BCUT2D eigenvalue weighted by Gasteiger charge is -2.40. The Kier molecular flexibility index (Phi) is 6.68. The third-order valence-corrected chi connectivity index (χ3v) is 8.37. The smallest absolute Gasteiger partial charge is 0.384 e. The van der Waals surface area contributed by atoms with Crippen molar-refractivity contribution in [3.63, 3.8) is 0 Å². The second kappa shape index (κ2) is 16.8. The van der Waals surface area contributed by atoms with E-state index in [-0.39, 0.29) is 26.5 Å². The molecule has 6 nitrogen and oxygen atoms in total. The number of alkyl halides is 3. The zero-order valence-electron chi connectivity index (χ0n) is 46.7. The van der Waals surface area contributed by atoms with Gasteiger partial charge in [-0.1, -0.05) is 66.2 Å². The second-order valence-corrected chi connectivity index (χ2v) is 12.0. The molecular weight excluding hydrogens is 710 g/mol. The van der Waals surface area contributed by atoms with Gasteiger partial charge in [0.15, 0.2) is 11.6 Å². The van der Waals surface area contributed by atoms with Gasteiger partial charge in [0.2, 0.25) is 5.91 Å². The number of nitrogens with zero attached hydrogens (tertiary/aromatic N) is 3. The van der Waals surface area contributed by atoms with Crippen LogP contribution < -0.4 is 4.90 Å². The number of carbonyl (C=O) groups is 1. The molecule has 1 fully saturated rings. The largest absolute Gasteiger partial charge is 0.416 e. The number of thioether (sulfide) groups is 1. The average Bonchev–Trinajstić information content (AvgIpc) is 3.28. The van der Waals surface area contributed by atoms with Crippen LogP contribution in [0.4, 0.5) is 27.6 Å². The first-order valence-corrected chi connectivity index (χ1v) is 16.4. The predicted octanol–water partition coefficient (Wildman–Crippen LogP) is 8.73. The monoisotopic (exact) mass is 770 g/mol. The molecule has 1 saturated heterocycles. The number of likely N-dealkylation sites (tertiary alicyclic amines) is 1. The lowest BCUT2D eigenvalue weighted by Crippen LogP contribution is -2.50. The fourth-order valence-corrected chi connectivity index (χ4v) is 5.65. The zero-order chi connectivity index (χ0) is 54.7. The number of hydrogen-bond acceptors (Lipinski definition) is 6. The molecule has 2 aliphatic rings. The quantitative estimate of drug-likeness (QED) is 0.146. The van der Waals surface area contributed by atoms with E-state index in [0.29, 0.717) is 6.07 Å². The Labute approximate surface area is 337 Å². The van der Waals surface area contributed by atoms with Gasteiger partial charge in [-0.2, -0.15) is 13.2 Å². The maximum Gasteiger partial charge on any atom is 0.416 e. The molecule has 4 aromatic carbocycles. The summed E-state index contributed by atoms with van der Waals surface area (Å²) in [6.07, 6.45) is -16.0. The fraction of sp³-hybridized carbons (Fsp3) is 0.341. The van der Waals surface area contributed by atoms with Crippen molar-refractivity contribution in [2.24, 2.45) is 0 Å². The van der Waals surface area contributed by atoms with E-state index in [4.69, 9.17) is 18.4 Å². The Morgan fingerprint density at radius 1 is 1.08 bits per heavy atom. The summed E-state index contributed by atoms with van der Waals surface area (Å²) < 4.78 is 249. The number of benzene rings is 4. The minimum atomic E-state index is -4.74. The number of carbonyl (C=O) groups excluding carboxylic acids is 1. The molecule has 0 aliphatic carbocycles. The average molecular weight is 771 g/mol.